The van der Waals surface area contributed by atoms with Gasteiger partial charge in [0.05, 0.1) is 35.7 Å². The van der Waals surface area contributed by atoms with E-state index >= 15 is 0 Å². The molecule has 0 radical (unpaired) electrons. The number of hydrogen-bond donors (Lipinski definition) is 1. The Hall–Kier alpha value is -3.62. The molecule has 0 bridgehead atoms. The number of nitrogens with zero attached hydrogens (tertiary/aromatic N) is 4. The quantitative estimate of drug-likeness (QED) is 0.418. The van der Waals surface area contributed by atoms with Crippen molar-refractivity contribution in [2.75, 3.05) is 69.7 Å². The first kappa shape index (κ1) is 29.9. The molecular formula is C31H31ClF3N5O2. The number of piperazine rings is 1. The molecule has 2 aliphatic rings. The van der Waals surface area contributed by atoms with Crippen LogP contribution in [0.4, 0.5) is 24.5 Å². The van der Waals surface area contributed by atoms with E-state index in [1.54, 1.807) is 30.6 Å². The van der Waals surface area contributed by atoms with Crippen molar-refractivity contribution in [2.24, 2.45) is 0 Å². The Morgan fingerprint density at radius 3 is 2.50 bits per heavy atom. The lowest BCUT2D eigenvalue weighted by atomic mass is 10.0. The monoisotopic (exact) mass is 597 g/mol. The van der Waals surface area contributed by atoms with Gasteiger partial charge in [-0.25, -0.2) is 0 Å². The lowest BCUT2D eigenvalue weighted by Crippen LogP contribution is -2.44. The topological polar surface area (TPSA) is 60.9 Å². The largest absolute Gasteiger partial charge is 0.416 e. The predicted octanol–water partition coefficient (Wildman–Crippen LogP) is 4.99. The van der Waals surface area contributed by atoms with Gasteiger partial charge in [-0.3, -0.25) is 14.7 Å². The van der Waals surface area contributed by atoms with Crippen molar-refractivity contribution in [3.8, 4) is 11.8 Å². The molecule has 2 aromatic carbocycles. The average molecular weight is 598 g/mol. The van der Waals surface area contributed by atoms with Crippen LogP contribution < -0.4 is 10.2 Å². The van der Waals surface area contributed by atoms with Gasteiger partial charge in [-0.15, -0.1) is 0 Å². The molecule has 0 atom stereocenters. The smallest absolute Gasteiger partial charge is 0.378 e. The van der Waals surface area contributed by atoms with Crippen LogP contribution in [-0.4, -0.2) is 80.2 Å². The number of halogens is 4. The molecule has 3 heterocycles. The summed E-state index contributed by atoms with van der Waals surface area (Å²) in [6.07, 6.45) is -1.15. The number of aromatic nitrogens is 1. The third-order valence-corrected chi connectivity index (χ3v) is 7.66. The van der Waals surface area contributed by atoms with Gasteiger partial charge >= 0.3 is 6.18 Å². The van der Waals surface area contributed by atoms with E-state index in [1.165, 1.54) is 12.1 Å². The highest BCUT2D eigenvalue weighted by Crippen LogP contribution is 2.34. The highest BCUT2D eigenvalue weighted by molar-refractivity contribution is 6.31. The Kier molecular flexibility index (Phi) is 9.34. The number of rotatable bonds is 5. The molecule has 7 nitrogen and oxygen atoms in total. The molecule has 220 valence electrons. The first-order valence-corrected chi connectivity index (χ1v) is 14.1. The van der Waals surface area contributed by atoms with Crippen molar-refractivity contribution in [3.63, 3.8) is 0 Å². The van der Waals surface area contributed by atoms with Crippen LogP contribution in [0.3, 0.4) is 0 Å². The van der Waals surface area contributed by atoms with Gasteiger partial charge < -0.3 is 19.9 Å². The summed E-state index contributed by atoms with van der Waals surface area (Å²) >= 11 is 6.36. The van der Waals surface area contributed by atoms with Gasteiger partial charge in [-0.05, 0) is 49.0 Å². The number of alkyl halides is 3. The summed E-state index contributed by atoms with van der Waals surface area (Å²) in [6, 6.07) is 10.5. The summed E-state index contributed by atoms with van der Waals surface area (Å²) in [5.41, 5.74) is 1.74. The maximum absolute atomic E-state index is 14.0. The molecule has 0 saturated carbocycles. The molecule has 42 heavy (non-hydrogen) atoms. The molecule has 2 saturated heterocycles. The molecule has 2 fully saturated rings. The van der Waals surface area contributed by atoms with E-state index in [0.29, 0.717) is 48.1 Å². The summed E-state index contributed by atoms with van der Waals surface area (Å²) in [4.78, 5) is 23.6. The zero-order valence-electron chi connectivity index (χ0n) is 23.2. The van der Waals surface area contributed by atoms with Gasteiger partial charge in [0.2, 0.25) is 0 Å². The van der Waals surface area contributed by atoms with Crippen LogP contribution in [0, 0.1) is 11.8 Å². The minimum absolute atomic E-state index is 0.0851. The van der Waals surface area contributed by atoms with E-state index in [-0.39, 0.29) is 17.7 Å². The zero-order valence-corrected chi connectivity index (χ0v) is 23.9. The molecule has 0 aliphatic carbocycles. The van der Waals surface area contributed by atoms with Crippen LogP contribution >= 0.6 is 11.6 Å². The SMILES string of the molecule is CN1CCN(Cc2ccc(C(=O)Nc3ccc(Cl)c(C#Cc4cncc(N5CCOCC5)c4)c3)cc2C(F)(F)F)CC1. The number of nitrogens with one attached hydrogen (secondary N) is 1. The van der Waals surface area contributed by atoms with Gasteiger partial charge in [0.15, 0.2) is 0 Å². The van der Waals surface area contributed by atoms with Crippen LogP contribution in [0.2, 0.25) is 5.02 Å². The van der Waals surface area contributed by atoms with Crippen LogP contribution in [0.1, 0.15) is 32.6 Å². The van der Waals surface area contributed by atoms with Crippen LogP contribution in [-0.2, 0) is 17.5 Å². The molecule has 3 aromatic rings. The molecule has 0 unspecified atom stereocenters. The van der Waals surface area contributed by atoms with Crippen LogP contribution in [0.15, 0.2) is 54.9 Å². The van der Waals surface area contributed by atoms with Gasteiger partial charge in [-0.1, -0.05) is 29.5 Å². The summed E-state index contributed by atoms with van der Waals surface area (Å²) in [6.45, 7) is 6.01. The molecule has 2 aliphatic heterocycles. The van der Waals surface area contributed by atoms with Gasteiger partial charge in [0.1, 0.15) is 0 Å². The zero-order chi connectivity index (χ0) is 29.7. The highest BCUT2D eigenvalue weighted by atomic mass is 35.5. The number of pyridine rings is 1. The maximum atomic E-state index is 14.0. The molecule has 1 amide bonds. The standard InChI is InChI=1S/C31H31ClF3N5O2/c1-38-8-10-39(11-9-38)21-25-5-4-24(18-28(25)31(33,34)35)30(41)37-26-6-7-29(32)23(17-26)3-2-22-16-27(20-36-19-22)40-12-14-42-15-13-40/h4-7,16-20H,8-15,21H2,1H3,(H,37,41). The Labute approximate surface area is 248 Å². The number of anilines is 2. The number of hydrogen-bond acceptors (Lipinski definition) is 6. The van der Waals surface area contributed by atoms with Crippen LogP contribution in [0.5, 0.6) is 0 Å². The number of likely N-dealkylation sites (N-methyl/N-ethyl adjacent to an activating group) is 1. The first-order chi connectivity index (χ1) is 20.2. The van der Waals surface area contributed by atoms with E-state index in [2.05, 4.69) is 31.9 Å². The van der Waals surface area contributed by atoms with E-state index in [0.717, 1.165) is 37.9 Å². The Morgan fingerprint density at radius 2 is 1.76 bits per heavy atom. The number of amides is 1. The maximum Gasteiger partial charge on any atom is 0.416 e. The van der Waals surface area contributed by atoms with Gasteiger partial charge in [0, 0.05) is 74.4 Å². The fraction of sp³-hybridized carbons (Fsp3) is 0.355. The van der Waals surface area contributed by atoms with Crippen LogP contribution in [0.25, 0.3) is 0 Å². The number of carbonyl (C=O) groups excluding carboxylic acids is 1. The van der Waals surface area contributed by atoms with Crippen molar-refractivity contribution < 1.29 is 22.7 Å². The minimum Gasteiger partial charge on any atom is -0.378 e. The second-order valence-electron chi connectivity index (χ2n) is 10.4. The summed E-state index contributed by atoms with van der Waals surface area (Å²) in [5.74, 6) is 5.42. The Bertz CT molecular complexity index is 1490. The molecule has 5 rings (SSSR count). The second kappa shape index (κ2) is 13.1. The van der Waals surface area contributed by atoms with Crippen molar-refractivity contribution in [1.82, 2.24) is 14.8 Å². The molecular weight excluding hydrogens is 567 g/mol. The molecule has 0 spiro atoms. The minimum atomic E-state index is -4.59. The fourth-order valence-corrected chi connectivity index (χ4v) is 5.06. The Balaban J connectivity index is 1.31. The lowest BCUT2D eigenvalue weighted by molar-refractivity contribution is -0.138. The van der Waals surface area contributed by atoms with E-state index < -0.39 is 17.6 Å². The number of ether oxygens (including phenoxy) is 1. The average Bonchev–Trinajstić information content (AvgIpc) is 2.99. The number of carbonyl (C=O) groups is 1. The summed E-state index contributed by atoms with van der Waals surface area (Å²) < 4.78 is 47.4. The fourth-order valence-electron chi connectivity index (χ4n) is 4.90. The predicted molar refractivity (Wildman–Crippen MR) is 157 cm³/mol. The molecule has 1 aromatic heterocycles. The van der Waals surface area contributed by atoms with E-state index in [4.69, 9.17) is 16.3 Å². The Morgan fingerprint density at radius 1 is 1.00 bits per heavy atom. The van der Waals surface area contributed by atoms with Gasteiger partial charge in [-0.2, -0.15) is 13.2 Å². The van der Waals surface area contributed by atoms with E-state index in [9.17, 15) is 18.0 Å². The van der Waals surface area contributed by atoms with Crippen molar-refractivity contribution in [1.29, 1.82) is 0 Å². The molecule has 11 heteroatoms. The van der Waals surface area contributed by atoms with Crippen molar-refractivity contribution in [2.45, 2.75) is 12.7 Å². The van der Waals surface area contributed by atoms with Gasteiger partial charge in [0.25, 0.3) is 5.91 Å². The lowest BCUT2D eigenvalue weighted by Gasteiger charge is -2.33. The normalized spacial score (nSPS) is 16.5. The van der Waals surface area contributed by atoms with Crippen molar-refractivity contribution >= 4 is 28.9 Å². The number of morpholine rings is 1. The summed E-state index contributed by atoms with van der Waals surface area (Å²) in [7, 11) is 1.99. The highest BCUT2D eigenvalue weighted by Gasteiger charge is 2.34. The second-order valence-corrected chi connectivity index (χ2v) is 10.8. The summed E-state index contributed by atoms with van der Waals surface area (Å²) in [5, 5.41) is 3.06. The van der Waals surface area contributed by atoms with E-state index in [1.807, 2.05) is 18.0 Å². The molecule has 1 N–H and O–H groups in total. The third-order valence-electron chi connectivity index (χ3n) is 7.33. The third kappa shape index (κ3) is 7.61. The first-order valence-electron chi connectivity index (χ1n) is 13.7. The number of benzene rings is 2. The van der Waals surface area contributed by atoms with Crippen molar-refractivity contribution in [3.05, 3.63) is 87.7 Å².